The zero-order valence-corrected chi connectivity index (χ0v) is 10.0. The van der Waals surface area contributed by atoms with E-state index in [9.17, 15) is 5.11 Å². The fourth-order valence-corrected chi connectivity index (χ4v) is 1.77. The molecule has 0 atom stereocenters. The molecule has 0 radical (unpaired) electrons. The predicted molar refractivity (Wildman–Crippen MR) is 68.4 cm³/mol. The first kappa shape index (κ1) is 11.4. The monoisotopic (exact) mass is 253 g/mol. The lowest BCUT2D eigenvalue weighted by molar-refractivity contribution is 0.423. The summed E-state index contributed by atoms with van der Waals surface area (Å²) in [4.78, 5) is 8.27. The summed E-state index contributed by atoms with van der Waals surface area (Å²) in [6, 6.07) is 10.5. The fourth-order valence-electron chi connectivity index (χ4n) is 1.77. The van der Waals surface area contributed by atoms with Gasteiger partial charge in [0.15, 0.2) is 5.82 Å². The molecule has 19 heavy (non-hydrogen) atoms. The van der Waals surface area contributed by atoms with E-state index in [1.807, 2.05) is 18.2 Å². The van der Waals surface area contributed by atoms with Crippen molar-refractivity contribution in [3.63, 3.8) is 0 Å². The third-order valence-electron chi connectivity index (χ3n) is 2.67. The summed E-state index contributed by atoms with van der Waals surface area (Å²) in [7, 11) is 0. The minimum absolute atomic E-state index is 0.173. The molecule has 2 aromatic heterocycles. The molecule has 0 amide bonds. The summed E-state index contributed by atoms with van der Waals surface area (Å²) >= 11 is 0. The molecular weight excluding hydrogens is 242 g/mol. The number of rotatable bonds is 3. The van der Waals surface area contributed by atoms with Gasteiger partial charge < -0.3 is 9.63 Å². The summed E-state index contributed by atoms with van der Waals surface area (Å²) in [6.07, 6.45) is 4.04. The quantitative estimate of drug-likeness (QED) is 0.776. The van der Waals surface area contributed by atoms with Crippen LogP contribution in [0.15, 0.2) is 53.3 Å². The number of phenolic OH excluding ortho intramolecular Hbond substituents is 1. The Bertz CT molecular complexity index is 680. The third-order valence-corrected chi connectivity index (χ3v) is 2.67. The van der Waals surface area contributed by atoms with Crippen LogP contribution < -0.4 is 0 Å². The Morgan fingerprint density at radius 2 is 1.95 bits per heavy atom. The van der Waals surface area contributed by atoms with Crippen LogP contribution in [0.5, 0.6) is 5.75 Å². The molecule has 0 fully saturated rings. The highest BCUT2D eigenvalue weighted by Gasteiger charge is 2.09. The Kier molecular flexibility index (Phi) is 2.94. The summed E-state index contributed by atoms with van der Waals surface area (Å²) in [6.45, 7) is 0. The van der Waals surface area contributed by atoms with Gasteiger partial charge in [0.1, 0.15) is 5.75 Å². The molecule has 1 N–H and O–H groups in total. The molecule has 1 aromatic carbocycles. The van der Waals surface area contributed by atoms with Crippen LogP contribution >= 0.6 is 0 Å². The van der Waals surface area contributed by atoms with Crippen LogP contribution in [0.1, 0.15) is 11.4 Å². The van der Waals surface area contributed by atoms with E-state index in [0.717, 1.165) is 5.56 Å². The maximum atomic E-state index is 9.42. The first-order valence-corrected chi connectivity index (χ1v) is 5.82. The van der Waals surface area contributed by atoms with Crippen LogP contribution in [0, 0.1) is 0 Å². The minimum Gasteiger partial charge on any atom is -0.508 e. The van der Waals surface area contributed by atoms with E-state index in [4.69, 9.17) is 4.52 Å². The van der Waals surface area contributed by atoms with Crippen LogP contribution in [0.3, 0.4) is 0 Å². The van der Waals surface area contributed by atoms with Gasteiger partial charge in [-0.1, -0.05) is 11.2 Å². The molecule has 3 aromatic rings. The molecule has 3 rings (SSSR count). The standard InChI is InChI=1S/C14H11N3O2/c18-12-3-1-2-11(9-12)14-16-13(17-19-14)8-10-4-6-15-7-5-10/h1-7,9,18H,8H2. The number of benzene rings is 1. The Morgan fingerprint density at radius 3 is 2.74 bits per heavy atom. The molecule has 0 bridgehead atoms. The summed E-state index contributed by atoms with van der Waals surface area (Å²) in [5.41, 5.74) is 1.77. The van der Waals surface area contributed by atoms with Crippen molar-refractivity contribution >= 4 is 0 Å². The van der Waals surface area contributed by atoms with Gasteiger partial charge >= 0.3 is 0 Å². The highest BCUT2D eigenvalue weighted by atomic mass is 16.5. The van der Waals surface area contributed by atoms with Crippen LogP contribution in [-0.4, -0.2) is 20.2 Å². The zero-order chi connectivity index (χ0) is 13.1. The van der Waals surface area contributed by atoms with Crippen molar-refractivity contribution < 1.29 is 9.63 Å². The number of phenols is 1. The highest BCUT2D eigenvalue weighted by molar-refractivity contribution is 5.55. The molecule has 0 saturated carbocycles. The second-order valence-corrected chi connectivity index (χ2v) is 4.10. The van der Waals surface area contributed by atoms with Gasteiger partial charge in [0.05, 0.1) is 0 Å². The fraction of sp³-hybridized carbons (Fsp3) is 0.0714. The molecule has 94 valence electrons. The van der Waals surface area contributed by atoms with Gasteiger partial charge in [-0.15, -0.1) is 0 Å². The van der Waals surface area contributed by atoms with Crippen molar-refractivity contribution in [2.45, 2.75) is 6.42 Å². The summed E-state index contributed by atoms with van der Waals surface area (Å²) in [5.74, 6) is 1.18. The minimum atomic E-state index is 0.173. The lowest BCUT2D eigenvalue weighted by Crippen LogP contribution is -1.90. The number of hydrogen-bond donors (Lipinski definition) is 1. The van der Waals surface area contributed by atoms with Crippen LogP contribution in [0.25, 0.3) is 11.5 Å². The number of nitrogens with zero attached hydrogens (tertiary/aromatic N) is 3. The lowest BCUT2D eigenvalue weighted by atomic mass is 10.2. The van der Waals surface area contributed by atoms with Gasteiger partial charge in [-0.25, -0.2) is 0 Å². The molecule has 0 aliphatic rings. The normalized spacial score (nSPS) is 10.5. The highest BCUT2D eigenvalue weighted by Crippen LogP contribution is 2.21. The molecular formula is C14H11N3O2. The second-order valence-electron chi connectivity index (χ2n) is 4.10. The number of pyridine rings is 1. The van der Waals surface area contributed by atoms with Gasteiger partial charge in [-0.3, -0.25) is 4.98 Å². The molecule has 2 heterocycles. The van der Waals surface area contributed by atoms with Crippen molar-refractivity contribution in [1.29, 1.82) is 0 Å². The van der Waals surface area contributed by atoms with Crippen LogP contribution in [0.2, 0.25) is 0 Å². The van der Waals surface area contributed by atoms with E-state index in [2.05, 4.69) is 15.1 Å². The topological polar surface area (TPSA) is 72.0 Å². The van der Waals surface area contributed by atoms with Crippen molar-refractivity contribution in [2.75, 3.05) is 0 Å². The molecule has 5 heteroatoms. The SMILES string of the molecule is Oc1cccc(-c2nc(Cc3ccncc3)no2)c1. The van der Waals surface area contributed by atoms with Gasteiger partial charge in [-0.2, -0.15) is 4.98 Å². The summed E-state index contributed by atoms with van der Waals surface area (Å²) in [5, 5.41) is 13.3. The summed E-state index contributed by atoms with van der Waals surface area (Å²) < 4.78 is 5.19. The molecule has 0 unspecified atom stereocenters. The zero-order valence-electron chi connectivity index (χ0n) is 10.0. The van der Waals surface area contributed by atoms with E-state index in [1.54, 1.807) is 30.6 Å². The first-order valence-electron chi connectivity index (χ1n) is 5.82. The average molecular weight is 253 g/mol. The second kappa shape index (κ2) is 4.89. The first-order chi connectivity index (χ1) is 9.31. The van der Waals surface area contributed by atoms with E-state index in [-0.39, 0.29) is 5.75 Å². The smallest absolute Gasteiger partial charge is 0.258 e. The predicted octanol–water partition coefficient (Wildman–Crippen LogP) is 2.43. The molecule has 5 nitrogen and oxygen atoms in total. The average Bonchev–Trinajstić information content (AvgIpc) is 2.88. The molecule has 0 spiro atoms. The Hall–Kier alpha value is -2.69. The van der Waals surface area contributed by atoms with Crippen LogP contribution in [-0.2, 0) is 6.42 Å². The maximum absolute atomic E-state index is 9.42. The number of hydrogen-bond acceptors (Lipinski definition) is 5. The molecule has 0 aliphatic heterocycles. The van der Waals surface area contributed by atoms with Crippen molar-refractivity contribution in [2.24, 2.45) is 0 Å². The Labute approximate surface area is 109 Å². The van der Waals surface area contributed by atoms with E-state index < -0.39 is 0 Å². The largest absolute Gasteiger partial charge is 0.508 e. The van der Waals surface area contributed by atoms with Gasteiger partial charge in [0, 0.05) is 24.4 Å². The Morgan fingerprint density at radius 1 is 1.11 bits per heavy atom. The van der Waals surface area contributed by atoms with Crippen molar-refractivity contribution in [3.05, 3.63) is 60.2 Å². The van der Waals surface area contributed by atoms with Crippen LogP contribution in [0.4, 0.5) is 0 Å². The molecule has 0 aliphatic carbocycles. The third kappa shape index (κ3) is 2.60. The number of aromatic hydroxyl groups is 1. The van der Waals surface area contributed by atoms with E-state index in [0.29, 0.717) is 23.7 Å². The van der Waals surface area contributed by atoms with E-state index in [1.165, 1.54) is 0 Å². The van der Waals surface area contributed by atoms with E-state index >= 15 is 0 Å². The van der Waals surface area contributed by atoms with Gasteiger partial charge in [-0.05, 0) is 35.9 Å². The molecule has 0 saturated heterocycles. The Balaban J connectivity index is 1.84. The van der Waals surface area contributed by atoms with Crippen molar-refractivity contribution in [3.8, 4) is 17.2 Å². The lowest BCUT2D eigenvalue weighted by Gasteiger charge is -1.95. The van der Waals surface area contributed by atoms with Gasteiger partial charge in [0.25, 0.3) is 5.89 Å². The maximum Gasteiger partial charge on any atom is 0.258 e. The van der Waals surface area contributed by atoms with Gasteiger partial charge in [0.2, 0.25) is 0 Å². The van der Waals surface area contributed by atoms with Crippen molar-refractivity contribution in [1.82, 2.24) is 15.1 Å². The number of aromatic nitrogens is 3.